The van der Waals surface area contributed by atoms with Crippen LogP contribution >= 0.6 is 0 Å². The van der Waals surface area contributed by atoms with Gasteiger partial charge in [-0.05, 0) is 38.5 Å². The lowest BCUT2D eigenvalue weighted by Crippen LogP contribution is -2.30. The molecule has 0 heterocycles. The summed E-state index contributed by atoms with van der Waals surface area (Å²) in [7, 11) is 0. The van der Waals surface area contributed by atoms with Crippen molar-refractivity contribution in [2.24, 2.45) is 0 Å². The van der Waals surface area contributed by atoms with E-state index in [-0.39, 0.29) is 31.1 Å². The topological polar surface area (TPSA) is 78.9 Å². The Kier molecular flexibility index (Phi) is 41.5. The average molecular weight is 759 g/mol. The van der Waals surface area contributed by atoms with E-state index in [0.717, 1.165) is 83.5 Å². The van der Waals surface area contributed by atoms with Crippen molar-refractivity contribution in [2.45, 2.75) is 239 Å². The van der Waals surface area contributed by atoms with Crippen molar-refractivity contribution in [3.63, 3.8) is 0 Å². The maximum atomic E-state index is 12.7. The minimum Gasteiger partial charge on any atom is -0.462 e. The average Bonchev–Trinajstić information content (AvgIpc) is 3.17. The quantitative estimate of drug-likeness (QED) is 0.0267. The number of unbranched alkanes of at least 4 members (excludes halogenated alkanes) is 26. The Balaban J connectivity index is 4.36. The van der Waals surface area contributed by atoms with Crippen molar-refractivity contribution in [1.82, 2.24) is 0 Å². The molecule has 314 valence electrons. The lowest BCUT2D eigenvalue weighted by atomic mass is 10.0. The predicted octanol–water partition coefficient (Wildman–Crippen LogP) is 14.6. The summed E-state index contributed by atoms with van der Waals surface area (Å²) < 4.78 is 16.7. The lowest BCUT2D eigenvalue weighted by molar-refractivity contribution is -0.167. The third kappa shape index (κ3) is 40.8. The van der Waals surface area contributed by atoms with Crippen molar-refractivity contribution in [3.05, 3.63) is 36.5 Å². The Hall–Kier alpha value is -2.37. The number of hydrogen-bond acceptors (Lipinski definition) is 6. The summed E-state index contributed by atoms with van der Waals surface area (Å²) in [6, 6.07) is 0. The Morgan fingerprint density at radius 1 is 0.389 bits per heavy atom. The van der Waals surface area contributed by atoms with Gasteiger partial charge in [-0.1, -0.05) is 211 Å². The molecule has 0 bridgehead atoms. The summed E-state index contributed by atoms with van der Waals surface area (Å²) in [5, 5.41) is 0. The first-order valence-electron chi connectivity index (χ1n) is 23.0. The number of carbonyl (C=O) groups is 3. The molecule has 0 aliphatic rings. The molecule has 0 saturated carbocycles. The minimum absolute atomic E-state index is 0.0773. The van der Waals surface area contributed by atoms with Gasteiger partial charge in [0.25, 0.3) is 0 Å². The van der Waals surface area contributed by atoms with E-state index in [1.807, 2.05) is 0 Å². The smallest absolute Gasteiger partial charge is 0.306 e. The van der Waals surface area contributed by atoms with E-state index in [4.69, 9.17) is 14.2 Å². The predicted molar refractivity (Wildman–Crippen MR) is 229 cm³/mol. The van der Waals surface area contributed by atoms with Crippen LogP contribution in [0.4, 0.5) is 0 Å². The zero-order valence-corrected chi connectivity index (χ0v) is 35.7. The zero-order valence-electron chi connectivity index (χ0n) is 35.7. The molecule has 0 rings (SSSR count). The van der Waals surface area contributed by atoms with Crippen LogP contribution in [0.25, 0.3) is 0 Å². The normalized spacial score (nSPS) is 12.3. The van der Waals surface area contributed by atoms with Gasteiger partial charge < -0.3 is 14.2 Å². The van der Waals surface area contributed by atoms with Crippen LogP contribution in [0.15, 0.2) is 36.5 Å². The van der Waals surface area contributed by atoms with Crippen molar-refractivity contribution in [3.8, 4) is 0 Å². The van der Waals surface area contributed by atoms with E-state index in [9.17, 15) is 14.4 Å². The van der Waals surface area contributed by atoms with E-state index < -0.39 is 6.10 Å². The lowest BCUT2D eigenvalue weighted by Gasteiger charge is -2.18. The highest BCUT2D eigenvalue weighted by Crippen LogP contribution is 2.15. The molecule has 0 aliphatic carbocycles. The van der Waals surface area contributed by atoms with E-state index in [1.54, 1.807) is 0 Å². The van der Waals surface area contributed by atoms with Crippen LogP contribution in [0.2, 0.25) is 0 Å². The summed E-state index contributed by atoms with van der Waals surface area (Å²) in [5.74, 6) is -0.896. The SMILES string of the molecule is CC\C=C/C=C\C=C/CCCCCCCC(=O)OC(COC(=O)CCCCCCCCCCC)COC(=O)CCCCCCCCCCCCCCCC. The number of carbonyl (C=O) groups excluding carboxylic acids is 3. The van der Waals surface area contributed by atoms with E-state index in [1.165, 1.54) is 109 Å². The van der Waals surface area contributed by atoms with Gasteiger partial charge in [-0.15, -0.1) is 0 Å². The highest BCUT2D eigenvalue weighted by Gasteiger charge is 2.19. The van der Waals surface area contributed by atoms with Gasteiger partial charge in [0, 0.05) is 19.3 Å². The van der Waals surface area contributed by atoms with Crippen LogP contribution in [0.5, 0.6) is 0 Å². The Bertz CT molecular complexity index is 922. The van der Waals surface area contributed by atoms with Crippen LogP contribution in [0, 0.1) is 0 Å². The first kappa shape index (κ1) is 51.6. The molecule has 1 atom stereocenters. The van der Waals surface area contributed by atoms with Gasteiger partial charge in [-0.3, -0.25) is 14.4 Å². The van der Waals surface area contributed by atoms with E-state index in [0.29, 0.717) is 19.3 Å². The second-order valence-electron chi connectivity index (χ2n) is 15.4. The molecule has 0 radical (unpaired) electrons. The fraction of sp³-hybridized carbons (Fsp3) is 0.812. The Morgan fingerprint density at radius 3 is 1.11 bits per heavy atom. The zero-order chi connectivity index (χ0) is 39.4. The molecule has 0 N–H and O–H groups in total. The molecule has 6 nitrogen and oxygen atoms in total. The Labute approximate surface area is 334 Å². The molecule has 6 heteroatoms. The molecule has 54 heavy (non-hydrogen) atoms. The molecule has 0 saturated heterocycles. The molecular weight excluding hydrogens is 673 g/mol. The second kappa shape index (κ2) is 43.4. The van der Waals surface area contributed by atoms with Crippen LogP contribution < -0.4 is 0 Å². The number of hydrogen-bond donors (Lipinski definition) is 0. The standard InChI is InChI=1S/C48H86O6/c1-4-7-10-13-16-19-21-23-25-26-29-32-35-38-41-47(50)53-44-45(43-52-46(49)40-37-34-31-28-18-15-12-9-6-3)54-48(51)42-39-36-33-30-27-24-22-20-17-14-11-8-5-2/h8,11,14,17,20,22,45H,4-7,9-10,12-13,15-16,18-19,21,23-44H2,1-3H3/b11-8-,17-14-,22-20-. The first-order chi connectivity index (χ1) is 26.5. The maximum Gasteiger partial charge on any atom is 0.306 e. The van der Waals surface area contributed by atoms with Gasteiger partial charge in [0.05, 0.1) is 0 Å². The molecule has 0 aromatic rings. The van der Waals surface area contributed by atoms with Gasteiger partial charge in [0.1, 0.15) is 13.2 Å². The van der Waals surface area contributed by atoms with Crippen molar-refractivity contribution in [2.75, 3.05) is 13.2 Å². The summed E-state index contributed by atoms with van der Waals surface area (Å²) in [5.41, 5.74) is 0. The van der Waals surface area contributed by atoms with Crippen LogP contribution in [0.1, 0.15) is 233 Å². The number of esters is 3. The highest BCUT2D eigenvalue weighted by atomic mass is 16.6. The third-order valence-corrected chi connectivity index (χ3v) is 9.97. The molecule has 0 aromatic heterocycles. The van der Waals surface area contributed by atoms with Crippen LogP contribution in [-0.2, 0) is 28.6 Å². The van der Waals surface area contributed by atoms with Crippen LogP contribution in [0.3, 0.4) is 0 Å². The molecule has 0 aromatic carbocycles. The van der Waals surface area contributed by atoms with E-state index in [2.05, 4.69) is 57.2 Å². The summed E-state index contributed by atoms with van der Waals surface area (Å²) in [6.07, 6.45) is 48.4. The maximum absolute atomic E-state index is 12.7. The molecule has 1 unspecified atom stereocenters. The number of allylic oxidation sites excluding steroid dienone is 6. The number of ether oxygens (including phenoxy) is 3. The second-order valence-corrected chi connectivity index (χ2v) is 15.4. The fourth-order valence-electron chi connectivity index (χ4n) is 6.50. The molecule has 0 amide bonds. The van der Waals surface area contributed by atoms with Crippen molar-refractivity contribution < 1.29 is 28.6 Å². The largest absolute Gasteiger partial charge is 0.462 e. The van der Waals surface area contributed by atoms with Gasteiger partial charge in [-0.25, -0.2) is 0 Å². The highest BCUT2D eigenvalue weighted by molar-refractivity contribution is 5.71. The van der Waals surface area contributed by atoms with Gasteiger partial charge in [-0.2, -0.15) is 0 Å². The third-order valence-electron chi connectivity index (χ3n) is 9.97. The summed E-state index contributed by atoms with van der Waals surface area (Å²) in [6.45, 7) is 6.47. The Morgan fingerprint density at radius 2 is 0.722 bits per heavy atom. The molecule has 0 spiro atoms. The molecule has 0 fully saturated rings. The van der Waals surface area contributed by atoms with Crippen LogP contribution in [-0.4, -0.2) is 37.2 Å². The molecule has 0 aliphatic heterocycles. The fourth-order valence-corrected chi connectivity index (χ4v) is 6.50. The molecular formula is C48H86O6. The summed E-state index contributed by atoms with van der Waals surface area (Å²) >= 11 is 0. The van der Waals surface area contributed by atoms with Crippen molar-refractivity contribution in [1.29, 1.82) is 0 Å². The summed E-state index contributed by atoms with van der Waals surface area (Å²) in [4.78, 5) is 37.7. The number of rotatable bonds is 41. The van der Waals surface area contributed by atoms with Gasteiger partial charge >= 0.3 is 17.9 Å². The van der Waals surface area contributed by atoms with Gasteiger partial charge in [0.2, 0.25) is 0 Å². The van der Waals surface area contributed by atoms with E-state index >= 15 is 0 Å². The monoisotopic (exact) mass is 759 g/mol. The van der Waals surface area contributed by atoms with Crippen molar-refractivity contribution >= 4 is 17.9 Å². The van der Waals surface area contributed by atoms with Gasteiger partial charge in [0.15, 0.2) is 6.10 Å². The minimum atomic E-state index is -0.775. The first-order valence-corrected chi connectivity index (χ1v) is 23.0.